The minimum absolute atomic E-state index is 0.824. The van der Waals surface area contributed by atoms with Gasteiger partial charge in [-0.3, -0.25) is 4.98 Å². The third-order valence-electron chi connectivity index (χ3n) is 3.23. The summed E-state index contributed by atoms with van der Waals surface area (Å²) in [4.78, 5) is 4.39. The second-order valence-corrected chi connectivity index (χ2v) is 4.49. The zero-order valence-corrected chi connectivity index (χ0v) is 11.1. The van der Waals surface area contributed by atoms with Crippen LogP contribution in [0, 0.1) is 6.92 Å². The van der Waals surface area contributed by atoms with Crippen molar-refractivity contribution in [3.05, 3.63) is 65.0 Å². The summed E-state index contributed by atoms with van der Waals surface area (Å²) in [5, 5.41) is 3.47. The number of nitrogens with zero attached hydrogens (tertiary/aromatic N) is 1. The predicted molar refractivity (Wildman–Crippen MR) is 75.3 cm³/mol. The first-order chi connectivity index (χ1) is 8.81. The van der Waals surface area contributed by atoms with E-state index in [0.29, 0.717) is 0 Å². The molecule has 0 saturated carbocycles. The molecule has 0 unspecified atom stereocenters. The van der Waals surface area contributed by atoms with Gasteiger partial charge in [-0.25, -0.2) is 0 Å². The van der Waals surface area contributed by atoms with Crippen molar-refractivity contribution >= 4 is 0 Å². The van der Waals surface area contributed by atoms with Crippen LogP contribution in [0.2, 0.25) is 0 Å². The van der Waals surface area contributed by atoms with Crippen LogP contribution < -0.4 is 5.32 Å². The predicted octanol–water partition coefficient (Wildman–Crippen LogP) is 3.24. The van der Waals surface area contributed by atoms with Crippen LogP contribution in [-0.4, -0.2) is 4.98 Å². The number of nitrogens with one attached hydrogen (secondary N) is 1. The van der Waals surface area contributed by atoms with Gasteiger partial charge in [-0.2, -0.15) is 0 Å². The Labute approximate surface area is 109 Å². The molecule has 2 aromatic rings. The molecular formula is C16H20N2. The molecule has 0 amide bonds. The SMILES string of the molecule is CCc1ccccc1CNCc1ncccc1C. The zero-order valence-electron chi connectivity index (χ0n) is 11.1. The van der Waals surface area contributed by atoms with Crippen LogP contribution in [0.25, 0.3) is 0 Å². The third-order valence-corrected chi connectivity index (χ3v) is 3.23. The number of rotatable bonds is 5. The van der Waals surface area contributed by atoms with Gasteiger partial charge in [-0.15, -0.1) is 0 Å². The van der Waals surface area contributed by atoms with Gasteiger partial charge in [0.05, 0.1) is 5.69 Å². The van der Waals surface area contributed by atoms with Crippen LogP contribution in [0.5, 0.6) is 0 Å². The number of benzene rings is 1. The van der Waals surface area contributed by atoms with Gasteiger partial charge >= 0.3 is 0 Å². The number of hydrogen-bond donors (Lipinski definition) is 1. The Kier molecular flexibility index (Phi) is 4.48. The van der Waals surface area contributed by atoms with Crippen molar-refractivity contribution in [2.45, 2.75) is 33.4 Å². The number of aryl methyl sites for hydroxylation is 2. The molecule has 1 heterocycles. The second kappa shape index (κ2) is 6.31. The molecule has 0 saturated heterocycles. The van der Waals surface area contributed by atoms with Crippen molar-refractivity contribution in [3.8, 4) is 0 Å². The summed E-state index contributed by atoms with van der Waals surface area (Å²) < 4.78 is 0. The highest BCUT2D eigenvalue weighted by Gasteiger charge is 2.01. The molecule has 0 bridgehead atoms. The van der Waals surface area contributed by atoms with Gasteiger partial charge < -0.3 is 5.32 Å². The maximum absolute atomic E-state index is 4.39. The second-order valence-electron chi connectivity index (χ2n) is 4.49. The van der Waals surface area contributed by atoms with Crippen molar-refractivity contribution in [2.24, 2.45) is 0 Å². The van der Waals surface area contributed by atoms with E-state index < -0.39 is 0 Å². The fourth-order valence-electron chi connectivity index (χ4n) is 2.09. The molecule has 0 aliphatic rings. The molecule has 1 aromatic heterocycles. The largest absolute Gasteiger partial charge is 0.307 e. The average Bonchev–Trinajstić information content (AvgIpc) is 2.41. The lowest BCUT2D eigenvalue weighted by Gasteiger charge is -2.10. The Morgan fingerprint density at radius 3 is 2.50 bits per heavy atom. The van der Waals surface area contributed by atoms with E-state index in [9.17, 15) is 0 Å². The summed E-state index contributed by atoms with van der Waals surface area (Å²) in [6.07, 6.45) is 2.93. The van der Waals surface area contributed by atoms with E-state index in [1.807, 2.05) is 12.3 Å². The standard InChI is InChI=1S/C16H20N2/c1-3-14-8-4-5-9-15(14)11-17-12-16-13(2)7-6-10-18-16/h4-10,17H,3,11-12H2,1-2H3. The molecule has 0 fully saturated rings. The van der Waals surface area contributed by atoms with Crippen LogP contribution in [0.15, 0.2) is 42.6 Å². The van der Waals surface area contributed by atoms with E-state index in [-0.39, 0.29) is 0 Å². The van der Waals surface area contributed by atoms with Crippen LogP contribution in [-0.2, 0) is 19.5 Å². The van der Waals surface area contributed by atoms with Gasteiger partial charge in [0.2, 0.25) is 0 Å². The Morgan fingerprint density at radius 2 is 1.78 bits per heavy atom. The first kappa shape index (κ1) is 12.8. The summed E-state index contributed by atoms with van der Waals surface area (Å²) in [5.74, 6) is 0. The van der Waals surface area contributed by atoms with Crippen LogP contribution >= 0.6 is 0 Å². The van der Waals surface area contributed by atoms with Crippen LogP contribution in [0.4, 0.5) is 0 Å². The molecular weight excluding hydrogens is 220 g/mol. The van der Waals surface area contributed by atoms with E-state index >= 15 is 0 Å². The molecule has 2 nitrogen and oxygen atoms in total. The normalized spacial score (nSPS) is 10.6. The van der Waals surface area contributed by atoms with Crippen molar-refractivity contribution in [2.75, 3.05) is 0 Å². The first-order valence-corrected chi connectivity index (χ1v) is 6.49. The van der Waals surface area contributed by atoms with Gasteiger partial charge in [0.25, 0.3) is 0 Å². The monoisotopic (exact) mass is 240 g/mol. The van der Waals surface area contributed by atoms with Crippen molar-refractivity contribution < 1.29 is 0 Å². The van der Waals surface area contributed by atoms with Crippen molar-refractivity contribution in [1.82, 2.24) is 10.3 Å². The molecule has 0 aliphatic carbocycles. The lowest BCUT2D eigenvalue weighted by molar-refractivity contribution is 0.672. The lowest BCUT2D eigenvalue weighted by Crippen LogP contribution is -2.15. The molecule has 94 valence electrons. The minimum atomic E-state index is 0.824. The maximum atomic E-state index is 4.39. The van der Waals surface area contributed by atoms with Gasteiger partial charge in [0.1, 0.15) is 0 Å². The summed E-state index contributed by atoms with van der Waals surface area (Å²) >= 11 is 0. The van der Waals surface area contributed by atoms with Gasteiger partial charge in [0, 0.05) is 19.3 Å². The minimum Gasteiger partial charge on any atom is -0.307 e. The Balaban J connectivity index is 1.95. The van der Waals surface area contributed by atoms with Crippen LogP contribution in [0.1, 0.15) is 29.3 Å². The first-order valence-electron chi connectivity index (χ1n) is 6.49. The summed E-state index contributed by atoms with van der Waals surface area (Å²) in [5.41, 5.74) is 5.18. The lowest BCUT2D eigenvalue weighted by atomic mass is 10.1. The average molecular weight is 240 g/mol. The fraction of sp³-hybridized carbons (Fsp3) is 0.312. The molecule has 2 rings (SSSR count). The highest BCUT2D eigenvalue weighted by Crippen LogP contribution is 2.09. The van der Waals surface area contributed by atoms with E-state index in [4.69, 9.17) is 0 Å². The van der Waals surface area contributed by atoms with Gasteiger partial charge in [-0.05, 0) is 36.1 Å². The Bertz CT molecular complexity index is 506. The van der Waals surface area contributed by atoms with Crippen molar-refractivity contribution in [3.63, 3.8) is 0 Å². The molecule has 0 aliphatic heterocycles. The Hall–Kier alpha value is -1.67. The molecule has 1 N–H and O–H groups in total. The summed E-state index contributed by atoms with van der Waals surface area (Å²) in [7, 11) is 0. The van der Waals surface area contributed by atoms with Gasteiger partial charge in [-0.1, -0.05) is 37.3 Å². The number of hydrogen-bond acceptors (Lipinski definition) is 2. The Morgan fingerprint density at radius 1 is 1.00 bits per heavy atom. The van der Waals surface area contributed by atoms with E-state index in [1.165, 1.54) is 16.7 Å². The van der Waals surface area contributed by atoms with E-state index in [2.05, 4.69) is 54.5 Å². The molecule has 2 heteroatoms. The molecule has 0 spiro atoms. The highest BCUT2D eigenvalue weighted by atomic mass is 14.9. The quantitative estimate of drug-likeness (QED) is 0.868. The van der Waals surface area contributed by atoms with E-state index in [1.54, 1.807) is 0 Å². The number of aromatic nitrogens is 1. The number of pyridine rings is 1. The smallest absolute Gasteiger partial charge is 0.0570 e. The summed E-state index contributed by atoms with van der Waals surface area (Å²) in [6, 6.07) is 12.7. The third kappa shape index (κ3) is 3.17. The summed E-state index contributed by atoms with van der Waals surface area (Å²) in [6.45, 7) is 6.02. The van der Waals surface area contributed by atoms with Crippen molar-refractivity contribution in [1.29, 1.82) is 0 Å². The maximum Gasteiger partial charge on any atom is 0.0570 e. The topological polar surface area (TPSA) is 24.9 Å². The molecule has 0 atom stereocenters. The fourth-order valence-corrected chi connectivity index (χ4v) is 2.09. The molecule has 18 heavy (non-hydrogen) atoms. The highest BCUT2D eigenvalue weighted by molar-refractivity contribution is 5.27. The van der Waals surface area contributed by atoms with Crippen LogP contribution in [0.3, 0.4) is 0 Å². The van der Waals surface area contributed by atoms with Gasteiger partial charge in [0.15, 0.2) is 0 Å². The zero-order chi connectivity index (χ0) is 12.8. The molecule has 1 aromatic carbocycles. The molecule has 0 radical (unpaired) electrons. The van der Waals surface area contributed by atoms with E-state index in [0.717, 1.165) is 25.2 Å².